The third-order valence-electron chi connectivity index (χ3n) is 2.97. The van der Waals surface area contributed by atoms with Crippen molar-refractivity contribution in [1.29, 1.82) is 0 Å². The van der Waals surface area contributed by atoms with E-state index in [4.69, 9.17) is 0 Å². The van der Waals surface area contributed by atoms with Gasteiger partial charge in [-0.2, -0.15) is 0 Å². The fourth-order valence-electron chi connectivity index (χ4n) is 1.38. The molecule has 6 heteroatoms. The highest BCUT2D eigenvalue weighted by atomic mass is 16.1. The summed E-state index contributed by atoms with van der Waals surface area (Å²) in [6.07, 6.45) is 3.00. The normalized spacial score (nSPS) is 14.9. The number of carbonyl (C=O) groups excluding carboxylic acids is 2. The molecule has 0 aliphatic heterocycles. The Kier molecular flexibility index (Phi) is 14.7. The lowest BCUT2D eigenvalue weighted by molar-refractivity contribution is -0.109. The van der Waals surface area contributed by atoms with Gasteiger partial charge in [0.15, 0.2) is 0 Å². The smallest absolute Gasteiger partial charge is 0.137 e. The Balaban J connectivity index is 0. The van der Waals surface area contributed by atoms with Gasteiger partial charge in [0.2, 0.25) is 0 Å². The maximum absolute atomic E-state index is 10.3. The molecule has 2 N–H and O–H groups in total. The molecule has 0 saturated carbocycles. The van der Waals surface area contributed by atoms with Crippen molar-refractivity contribution >= 4 is 24.0 Å². The minimum Gasteiger partial charge on any atom is -0.312 e. The van der Waals surface area contributed by atoms with E-state index >= 15 is 0 Å². The first-order valence-electron chi connectivity index (χ1n) is 6.59. The molecule has 2 atom stereocenters. The zero-order chi connectivity index (χ0) is 16.0. The molecule has 0 heterocycles. The number of likely N-dealkylation sites (N-methyl/N-ethyl adjacent to an activating group) is 1. The van der Waals surface area contributed by atoms with Gasteiger partial charge in [-0.15, -0.1) is 0 Å². The molecule has 0 bridgehead atoms. The van der Waals surface area contributed by atoms with Crippen LogP contribution in [0.3, 0.4) is 0 Å². The summed E-state index contributed by atoms with van der Waals surface area (Å²) in [6, 6.07) is 0.0335. The molecule has 116 valence electrons. The standard InChI is InChI=1S/2C7H14N2O/c1-6(8-2)4-7(5-10)9-3;1-6(8-2)7(9-3)4-5-10/h2*5,7,9H,4H2,1-3H3. The zero-order valence-electron chi connectivity index (χ0n) is 13.4. The summed E-state index contributed by atoms with van der Waals surface area (Å²) in [5, 5.41) is 5.86. The van der Waals surface area contributed by atoms with E-state index < -0.39 is 0 Å². The van der Waals surface area contributed by atoms with Crippen molar-refractivity contribution in [3.63, 3.8) is 0 Å². The molecule has 0 spiro atoms. The molecule has 2 unspecified atom stereocenters. The molecule has 0 aromatic rings. The number of hydrogen-bond donors (Lipinski definition) is 2. The number of nitrogens with zero attached hydrogens (tertiary/aromatic N) is 2. The number of carbonyl (C=O) groups is 2. The topological polar surface area (TPSA) is 82.9 Å². The second kappa shape index (κ2) is 14.0. The van der Waals surface area contributed by atoms with E-state index in [-0.39, 0.29) is 12.1 Å². The Morgan fingerprint density at radius 3 is 2.00 bits per heavy atom. The van der Waals surface area contributed by atoms with Crippen molar-refractivity contribution in [2.24, 2.45) is 9.98 Å². The molecular formula is C14H28N4O2. The minimum atomic E-state index is -0.0799. The van der Waals surface area contributed by atoms with Gasteiger partial charge in [-0.25, -0.2) is 0 Å². The maximum Gasteiger partial charge on any atom is 0.137 e. The molecule has 0 saturated heterocycles. The fourth-order valence-corrected chi connectivity index (χ4v) is 1.38. The van der Waals surface area contributed by atoms with E-state index in [1.54, 1.807) is 21.1 Å². The lowest BCUT2D eigenvalue weighted by Gasteiger charge is -2.11. The average molecular weight is 284 g/mol. The Labute approximate surface area is 122 Å². The van der Waals surface area contributed by atoms with Gasteiger partial charge in [-0.3, -0.25) is 9.98 Å². The molecule has 20 heavy (non-hydrogen) atoms. The van der Waals surface area contributed by atoms with Crippen LogP contribution < -0.4 is 10.6 Å². The van der Waals surface area contributed by atoms with Gasteiger partial charge in [0.1, 0.15) is 12.6 Å². The van der Waals surface area contributed by atoms with Gasteiger partial charge in [0, 0.05) is 38.4 Å². The summed E-state index contributed by atoms with van der Waals surface area (Å²) in [5.41, 5.74) is 1.96. The minimum absolute atomic E-state index is 0.0799. The summed E-state index contributed by atoms with van der Waals surface area (Å²) >= 11 is 0. The predicted molar refractivity (Wildman–Crippen MR) is 85.1 cm³/mol. The summed E-state index contributed by atoms with van der Waals surface area (Å²) in [5.74, 6) is 0. The third-order valence-corrected chi connectivity index (χ3v) is 2.97. The highest BCUT2D eigenvalue weighted by Crippen LogP contribution is 1.91. The van der Waals surface area contributed by atoms with E-state index in [1.165, 1.54) is 0 Å². The van der Waals surface area contributed by atoms with E-state index in [0.29, 0.717) is 12.8 Å². The molecular weight excluding hydrogens is 256 g/mol. The van der Waals surface area contributed by atoms with E-state index in [0.717, 1.165) is 24.0 Å². The average Bonchev–Trinajstić information content (AvgIpc) is 2.49. The highest BCUT2D eigenvalue weighted by Gasteiger charge is 2.06. The Morgan fingerprint density at radius 1 is 1.10 bits per heavy atom. The Morgan fingerprint density at radius 2 is 1.70 bits per heavy atom. The lowest BCUT2D eigenvalue weighted by Crippen LogP contribution is -2.32. The summed E-state index contributed by atoms with van der Waals surface area (Å²) < 4.78 is 0. The van der Waals surface area contributed by atoms with Gasteiger partial charge in [0.05, 0.1) is 12.1 Å². The predicted octanol–water partition coefficient (Wildman–Crippen LogP) is 0.508. The fraction of sp³-hybridized carbons (Fsp3) is 0.714. The molecule has 0 radical (unpaired) electrons. The van der Waals surface area contributed by atoms with Gasteiger partial charge >= 0.3 is 0 Å². The van der Waals surface area contributed by atoms with Gasteiger partial charge in [-0.05, 0) is 27.9 Å². The lowest BCUT2D eigenvalue weighted by atomic mass is 10.1. The van der Waals surface area contributed by atoms with Crippen molar-refractivity contribution in [3.05, 3.63) is 0 Å². The van der Waals surface area contributed by atoms with Crippen LogP contribution in [0.25, 0.3) is 0 Å². The van der Waals surface area contributed by atoms with Crippen LogP contribution >= 0.6 is 0 Å². The zero-order valence-corrected chi connectivity index (χ0v) is 13.4. The quantitative estimate of drug-likeness (QED) is 0.502. The number of rotatable bonds is 8. The second-order valence-electron chi connectivity index (χ2n) is 4.30. The van der Waals surface area contributed by atoms with Gasteiger partial charge < -0.3 is 20.2 Å². The van der Waals surface area contributed by atoms with E-state index in [2.05, 4.69) is 20.6 Å². The highest BCUT2D eigenvalue weighted by molar-refractivity contribution is 5.89. The van der Waals surface area contributed by atoms with Crippen LogP contribution in [0.15, 0.2) is 9.98 Å². The third kappa shape index (κ3) is 10.5. The van der Waals surface area contributed by atoms with Gasteiger partial charge in [-0.1, -0.05) is 0 Å². The van der Waals surface area contributed by atoms with E-state index in [1.807, 2.05) is 20.9 Å². The first-order chi connectivity index (χ1) is 9.50. The molecule has 0 aliphatic rings. The summed E-state index contributed by atoms with van der Waals surface area (Å²) in [6.45, 7) is 3.82. The first-order valence-corrected chi connectivity index (χ1v) is 6.59. The monoisotopic (exact) mass is 284 g/mol. The van der Waals surface area contributed by atoms with Crippen LogP contribution in [0.2, 0.25) is 0 Å². The van der Waals surface area contributed by atoms with Crippen LogP contribution in [0.5, 0.6) is 0 Å². The van der Waals surface area contributed by atoms with Gasteiger partial charge in [0.25, 0.3) is 0 Å². The largest absolute Gasteiger partial charge is 0.312 e. The van der Waals surface area contributed by atoms with Crippen LogP contribution in [0.1, 0.15) is 26.7 Å². The molecule has 6 nitrogen and oxygen atoms in total. The Hall–Kier alpha value is -1.40. The molecule has 0 rings (SSSR count). The number of nitrogens with one attached hydrogen (secondary N) is 2. The van der Waals surface area contributed by atoms with Crippen molar-refractivity contribution in [3.8, 4) is 0 Å². The number of hydrogen-bond acceptors (Lipinski definition) is 6. The van der Waals surface area contributed by atoms with Crippen LogP contribution in [0.4, 0.5) is 0 Å². The molecule has 0 aromatic carbocycles. The van der Waals surface area contributed by atoms with Crippen LogP contribution in [0, 0.1) is 0 Å². The molecule has 0 aromatic heterocycles. The summed E-state index contributed by atoms with van der Waals surface area (Å²) in [4.78, 5) is 28.3. The summed E-state index contributed by atoms with van der Waals surface area (Å²) in [7, 11) is 7.04. The van der Waals surface area contributed by atoms with Crippen molar-refractivity contribution in [2.75, 3.05) is 28.2 Å². The van der Waals surface area contributed by atoms with Crippen molar-refractivity contribution < 1.29 is 9.59 Å². The van der Waals surface area contributed by atoms with Crippen molar-refractivity contribution in [1.82, 2.24) is 10.6 Å². The van der Waals surface area contributed by atoms with E-state index in [9.17, 15) is 9.59 Å². The van der Waals surface area contributed by atoms with Crippen LogP contribution in [-0.4, -0.2) is 64.3 Å². The molecule has 0 aliphatic carbocycles. The second-order valence-corrected chi connectivity index (χ2v) is 4.30. The molecule has 0 amide bonds. The number of aliphatic imine (C=N–C) groups is 2. The SMILES string of the molecule is CN=C(C)C(CC=O)NC.CN=C(C)CC(C=O)NC. The maximum atomic E-state index is 10.3. The van der Waals surface area contributed by atoms with Crippen LogP contribution in [-0.2, 0) is 9.59 Å². The first kappa shape index (κ1) is 20.9. The molecule has 0 fully saturated rings. The van der Waals surface area contributed by atoms with Crippen molar-refractivity contribution in [2.45, 2.75) is 38.8 Å². The Bertz CT molecular complexity index is 327. The number of aldehydes is 2.